The fraction of sp³-hybridized carbons (Fsp3) is 0.471. The molecule has 1 aromatic carbocycles. The molecule has 0 aliphatic heterocycles. The number of thiocarbonyl (C=S) groups is 1. The van der Waals surface area contributed by atoms with Crippen LogP contribution >= 0.6 is 12.2 Å². The third-order valence-electron chi connectivity index (χ3n) is 3.70. The van der Waals surface area contributed by atoms with Gasteiger partial charge in [0.25, 0.3) is 0 Å². The Hall–Kier alpha value is -2.19. The number of anilines is 1. The second-order valence-corrected chi connectivity index (χ2v) is 7.25. The summed E-state index contributed by atoms with van der Waals surface area (Å²) < 4.78 is 6.96. The van der Waals surface area contributed by atoms with Crippen molar-refractivity contribution in [1.29, 1.82) is 0 Å². The Kier molecular flexibility index (Phi) is 5.34. The lowest BCUT2D eigenvalue weighted by Crippen LogP contribution is -2.39. The van der Waals surface area contributed by atoms with Crippen LogP contribution in [0, 0.1) is 13.8 Å². The minimum atomic E-state index is -0.585. The number of carbonyl (C=O) groups is 1. The van der Waals surface area contributed by atoms with E-state index >= 15 is 0 Å². The molecule has 0 atom stereocenters. The number of imidazole rings is 1. The quantitative estimate of drug-likeness (QED) is 0.808. The molecule has 8 heteroatoms. The van der Waals surface area contributed by atoms with Crippen LogP contribution in [0.2, 0.25) is 0 Å². The number of rotatable bonds is 3. The molecule has 1 heterocycles. The summed E-state index contributed by atoms with van der Waals surface area (Å²) in [6.07, 6.45) is -0.451. The van der Waals surface area contributed by atoms with Crippen LogP contribution in [0.4, 0.5) is 10.5 Å². The lowest BCUT2D eigenvalue weighted by Gasteiger charge is -2.24. The van der Waals surface area contributed by atoms with E-state index in [2.05, 4.69) is 4.98 Å². The van der Waals surface area contributed by atoms with Gasteiger partial charge in [0.2, 0.25) is 0 Å². The van der Waals surface area contributed by atoms with Gasteiger partial charge in [-0.05, 0) is 59.0 Å². The normalized spacial score (nSPS) is 11.6. The molecule has 7 nitrogen and oxygen atoms in total. The van der Waals surface area contributed by atoms with Crippen molar-refractivity contribution in [2.45, 2.75) is 40.2 Å². The van der Waals surface area contributed by atoms with Crippen molar-refractivity contribution in [3.8, 4) is 0 Å². The van der Waals surface area contributed by atoms with Crippen molar-refractivity contribution in [3.05, 3.63) is 23.5 Å². The average molecular weight is 363 g/mol. The van der Waals surface area contributed by atoms with E-state index < -0.39 is 11.7 Å². The topological polar surface area (TPSA) is 99.4 Å². The van der Waals surface area contributed by atoms with Gasteiger partial charge in [-0.15, -0.1) is 0 Å². The molecule has 0 amide bonds. The summed E-state index contributed by atoms with van der Waals surface area (Å²) >= 11 is 5.13. The second-order valence-electron chi connectivity index (χ2n) is 6.83. The van der Waals surface area contributed by atoms with Gasteiger partial charge in [-0.1, -0.05) is 0 Å². The first kappa shape index (κ1) is 19.1. The smallest absolute Gasteiger partial charge is 0.420 e. The molecule has 0 saturated heterocycles. The maximum absolute atomic E-state index is 12.5. The van der Waals surface area contributed by atoms with E-state index in [0.717, 1.165) is 11.3 Å². The van der Waals surface area contributed by atoms with Crippen molar-refractivity contribution < 1.29 is 9.53 Å². The first-order valence-corrected chi connectivity index (χ1v) is 8.46. The number of hydrogen-bond acceptors (Lipinski definition) is 5. The summed E-state index contributed by atoms with van der Waals surface area (Å²) in [5.74, 6) is 0.560. The van der Waals surface area contributed by atoms with E-state index in [1.807, 2.05) is 39.8 Å². The van der Waals surface area contributed by atoms with Gasteiger partial charge in [-0.25, -0.2) is 14.3 Å². The first-order chi connectivity index (χ1) is 11.6. The first-order valence-electron chi connectivity index (χ1n) is 8.06. The molecule has 1 aromatic heterocycles. The van der Waals surface area contributed by atoms with Crippen LogP contribution in [0.5, 0.6) is 0 Å². The Balaban J connectivity index is 2.57. The van der Waals surface area contributed by atoms with E-state index in [1.54, 1.807) is 11.8 Å². The molecular formula is C17H25N5O2S. The van der Waals surface area contributed by atoms with Crippen LogP contribution in [0.3, 0.4) is 0 Å². The predicted octanol–water partition coefficient (Wildman–Crippen LogP) is 2.45. The highest BCUT2D eigenvalue weighted by molar-refractivity contribution is 7.80. The van der Waals surface area contributed by atoms with Crippen molar-refractivity contribution >= 4 is 40.1 Å². The van der Waals surface area contributed by atoms with E-state index in [0.29, 0.717) is 29.9 Å². The summed E-state index contributed by atoms with van der Waals surface area (Å²) in [4.78, 5) is 18.8. The molecule has 0 bridgehead atoms. The van der Waals surface area contributed by atoms with E-state index in [9.17, 15) is 4.79 Å². The van der Waals surface area contributed by atoms with Crippen LogP contribution in [-0.2, 0) is 4.74 Å². The zero-order valence-corrected chi connectivity index (χ0v) is 16.1. The van der Waals surface area contributed by atoms with Crippen LogP contribution < -0.4 is 16.4 Å². The highest BCUT2D eigenvalue weighted by Gasteiger charge is 2.23. The molecule has 0 aliphatic rings. The summed E-state index contributed by atoms with van der Waals surface area (Å²) in [5.41, 5.74) is 14.0. The van der Waals surface area contributed by atoms with E-state index in [4.69, 9.17) is 28.4 Å². The molecule has 136 valence electrons. The van der Waals surface area contributed by atoms with Crippen molar-refractivity contribution in [1.82, 2.24) is 9.55 Å². The standard InChI is InChI=1S/C17H25N5O2S/c1-10-12(21(9-8-18)15(19)25)6-7-13-14(10)20-11(2)22(13)16(23)24-17(3,4)5/h6-7H,8-9,18H2,1-5H3,(H2,19,25). The molecular weight excluding hydrogens is 338 g/mol. The number of nitrogens with zero attached hydrogens (tertiary/aromatic N) is 3. The molecule has 0 radical (unpaired) electrons. The predicted molar refractivity (Wildman–Crippen MR) is 104 cm³/mol. The zero-order chi connectivity index (χ0) is 18.9. The Bertz CT molecular complexity index is 823. The van der Waals surface area contributed by atoms with Crippen molar-refractivity contribution in [3.63, 3.8) is 0 Å². The van der Waals surface area contributed by atoms with Gasteiger partial charge in [0.15, 0.2) is 5.11 Å². The van der Waals surface area contributed by atoms with Crippen molar-refractivity contribution in [2.75, 3.05) is 18.0 Å². The lowest BCUT2D eigenvalue weighted by molar-refractivity contribution is 0.0540. The summed E-state index contributed by atoms with van der Waals surface area (Å²) in [6, 6.07) is 3.69. The van der Waals surface area contributed by atoms with Gasteiger partial charge in [-0.3, -0.25) is 0 Å². The van der Waals surface area contributed by atoms with Crippen LogP contribution in [0.25, 0.3) is 11.0 Å². The summed E-state index contributed by atoms with van der Waals surface area (Å²) in [5, 5.41) is 0.246. The van der Waals surface area contributed by atoms with Crippen molar-refractivity contribution in [2.24, 2.45) is 11.5 Å². The number of ether oxygens (including phenoxy) is 1. The Labute approximate surface area is 152 Å². The highest BCUT2D eigenvalue weighted by Crippen LogP contribution is 2.29. The molecule has 2 rings (SSSR count). The highest BCUT2D eigenvalue weighted by atomic mass is 32.1. The minimum absolute atomic E-state index is 0.246. The molecule has 0 aliphatic carbocycles. The number of carbonyl (C=O) groups excluding carboxylic acids is 1. The molecule has 0 saturated carbocycles. The molecule has 0 fully saturated rings. The third-order valence-corrected chi connectivity index (χ3v) is 3.93. The average Bonchev–Trinajstić information content (AvgIpc) is 2.81. The molecule has 2 aromatic rings. The Morgan fingerprint density at radius 3 is 2.52 bits per heavy atom. The molecule has 25 heavy (non-hydrogen) atoms. The lowest BCUT2D eigenvalue weighted by atomic mass is 10.1. The van der Waals surface area contributed by atoms with Crippen LogP contribution in [0.1, 0.15) is 32.2 Å². The van der Waals surface area contributed by atoms with Gasteiger partial charge in [0, 0.05) is 24.3 Å². The van der Waals surface area contributed by atoms with E-state index in [-0.39, 0.29) is 5.11 Å². The number of nitrogens with two attached hydrogens (primary N) is 2. The number of aryl methyl sites for hydroxylation is 2. The monoisotopic (exact) mass is 363 g/mol. The van der Waals surface area contributed by atoms with Gasteiger partial charge in [0.05, 0.1) is 11.0 Å². The molecule has 0 spiro atoms. The fourth-order valence-corrected chi connectivity index (χ4v) is 2.88. The van der Waals surface area contributed by atoms with Gasteiger partial charge < -0.3 is 21.1 Å². The minimum Gasteiger partial charge on any atom is -0.443 e. The van der Waals surface area contributed by atoms with Crippen LogP contribution in [0.15, 0.2) is 12.1 Å². The van der Waals surface area contributed by atoms with E-state index in [1.165, 1.54) is 4.57 Å². The third kappa shape index (κ3) is 3.91. The number of benzene rings is 1. The Morgan fingerprint density at radius 2 is 2.00 bits per heavy atom. The van der Waals surface area contributed by atoms with Gasteiger partial charge >= 0.3 is 6.09 Å². The number of fused-ring (bicyclic) bond motifs is 1. The summed E-state index contributed by atoms with van der Waals surface area (Å²) in [7, 11) is 0. The number of aromatic nitrogens is 2. The number of hydrogen-bond donors (Lipinski definition) is 2. The maximum Gasteiger partial charge on any atom is 0.420 e. The Morgan fingerprint density at radius 1 is 1.36 bits per heavy atom. The molecule has 4 N–H and O–H groups in total. The zero-order valence-electron chi connectivity index (χ0n) is 15.3. The SMILES string of the molecule is Cc1c(N(CCN)C(N)=S)ccc2c1nc(C)n2C(=O)OC(C)(C)C. The largest absolute Gasteiger partial charge is 0.443 e. The molecule has 0 unspecified atom stereocenters. The van der Waals surface area contributed by atoms with Gasteiger partial charge in [-0.2, -0.15) is 0 Å². The fourth-order valence-electron chi connectivity index (χ4n) is 2.69. The summed E-state index contributed by atoms with van der Waals surface area (Å²) in [6.45, 7) is 10.1. The van der Waals surface area contributed by atoms with Crippen LogP contribution in [-0.4, -0.2) is 39.4 Å². The van der Waals surface area contributed by atoms with Gasteiger partial charge in [0.1, 0.15) is 11.4 Å². The second kappa shape index (κ2) is 6.97. The maximum atomic E-state index is 12.5.